The number of hydrogen-bond donors (Lipinski definition) is 1. The molecule has 1 aliphatic rings. The van der Waals surface area contributed by atoms with E-state index in [1.807, 2.05) is 0 Å². The van der Waals surface area contributed by atoms with Gasteiger partial charge in [-0.2, -0.15) is 0 Å². The molecule has 0 amide bonds. The van der Waals surface area contributed by atoms with Crippen molar-refractivity contribution in [2.45, 2.75) is 62.9 Å². The van der Waals surface area contributed by atoms with Crippen LogP contribution in [0.25, 0.3) is 0 Å². The van der Waals surface area contributed by atoms with Gasteiger partial charge in [-0.25, -0.2) is 8.42 Å². The molecule has 17 heavy (non-hydrogen) atoms. The number of hydrogen-bond acceptors (Lipinski definition) is 4. The Morgan fingerprint density at radius 3 is 2.59 bits per heavy atom. The van der Waals surface area contributed by atoms with Gasteiger partial charge in [0.25, 0.3) is 0 Å². The fourth-order valence-corrected chi connectivity index (χ4v) is 2.62. The minimum absolute atomic E-state index is 0.309. The molecule has 1 heterocycles. The van der Waals surface area contributed by atoms with E-state index in [1.54, 1.807) is 13.8 Å². The normalized spacial score (nSPS) is 23.9. The van der Waals surface area contributed by atoms with Crippen molar-refractivity contribution < 1.29 is 18.3 Å². The smallest absolute Gasteiger partial charge is 0.155 e. The van der Waals surface area contributed by atoms with E-state index >= 15 is 0 Å². The van der Waals surface area contributed by atoms with Crippen molar-refractivity contribution in [2.24, 2.45) is 0 Å². The molecule has 0 bridgehead atoms. The SMILES string of the molecule is CC(C)(C(O)CCCC1CCCO1)S(C)(=O)=O. The first-order chi connectivity index (χ1) is 7.75. The maximum Gasteiger partial charge on any atom is 0.155 e. The van der Waals surface area contributed by atoms with E-state index < -0.39 is 20.7 Å². The summed E-state index contributed by atoms with van der Waals surface area (Å²) in [5.41, 5.74) is 0. The van der Waals surface area contributed by atoms with Gasteiger partial charge in [0.05, 0.1) is 17.0 Å². The summed E-state index contributed by atoms with van der Waals surface area (Å²) in [5.74, 6) is 0. The molecule has 0 aliphatic carbocycles. The van der Waals surface area contributed by atoms with Crippen LogP contribution in [-0.4, -0.2) is 43.3 Å². The van der Waals surface area contributed by atoms with E-state index in [9.17, 15) is 13.5 Å². The Labute approximate surface area is 104 Å². The van der Waals surface area contributed by atoms with Crippen LogP contribution in [0, 0.1) is 0 Å². The van der Waals surface area contributed by atoms with Crippen molar-refractivity contribution in [2.75, 3.05) is 12.9 Å². The Hall–Kier alpha value is -0.130. The average molecular weight is 264 g/mol. The van der Waals surface area contributed by atoms with Crippen molar-refractivity contribution in [3.05, 3.63) is 0 Å². The van der Waals surface area contributed by atoms with E-state index in [2.05, 4.69) is 0 Å². The van der Waals surface area contributed by atoms with Gasteiger partial charge in [-0.05, 0) is 46.0 Å². The Bertz CT molecular complexity index is 328. The van der Waals surface area contributed by atoms with E-state index in [1.165, 1.54) is 6.26 Å². The lowest BCUT2D eigenvalue weighted by Gasteiger charge is -2.28. The molecule has 1 N–H and O–H groups in total. The molecule has 5 heteroatoms. The van der Waals surface area contributed by atoms with Crippen molar-refractivity contribution in [3.8, 4) is 0 Å². The molecule has 0 spiro atoms. The molecule has 4 nitrogen and oxygen atoms in total. The van der Waals surface area contributed by atoms with Gasteiger partial charge in [0.15, 0.2) is 9.84 Å². The van der Waals surface area contributed by atoms with Gasteiger partial charge in [0, 0.05) is 12.9 Å². The summed E-state index contributed by atoms with van der Waals surface area (Å²) < 4.78 is 27.5. The van der Waals surface area contributed by atoms with E-state index in [0.717, 1.165) is 32.3 Å². The number of aliphatic hydroxyl groups is 1. The predicted molar refractivity (Wildman–Crippen MR) is 67.8 cm³/mol. The zero-order chi connectivity index (χ0) is 13.1. The Morgan fingerprint density at radius 1 is 1.47 bits per heavy atom. The topological polar surface area (TPSA) is 63.6 Å². The molecule has 1 aliphatic heterocycles. The number of ether oxygens (including phenoxy) is 1. The minimum Gasteiger partial charge on any atom is -0.392 e. The third-order valence-corrected chi connectivity index (χ3v) is 5.97. The summed E-state index contributed by atoms with van der Waals surface area (Å²) in [6, 6.07) is 0. The average Bonchev–Trinajstić information content (AvgIpc) is 2.68. The summed E-state index contributed by atoms with van der Waals surface area (Å²) in [5, 5.41) is 9.97. The van der Waals surface area contributed by atoms with Gasteiger partial charge in [0.1, 0.15) is 0 Å². The Morgan fingerprint density at radius 2 is 2.12 bits per heavy atom. The predicted octanol–water partition coefficient (Wildman–Crippen LogP) is 1.52. The zero-order valence-corrected chi connectivity index (χ0v) is 11.8. The quantitative estimate of drug-likeness (QED) is 0.790. The molecular weight excluding hydrogens is 240 g/mol. The lowest BCUT2D eigenvalue weighted by Crippen LogP contribution is -2.43. The zero-order valence-electron chi connectivity index (χ0n) is 11.0. The van der Waals surface area contributed by atoms with Crippen molar-refractivity contribution in [3.63, 3.8) is 0 Å². The number of aliphatic hydroxyl groups excluding tert-OH is 1. The molecule has 2 unspecified atom stereocenters. The Kier molecular flexibility index (Phi) is 4.98. The van der Waals surface area contributed by atoms with Crippen LogP contribution in [0.1, 0.15) is 46.0 Å². The van der Waals surface area contributed by atoms with Crippen LogP contribution in [0.4, 0.5) is 0 Å². The molecule has 0 aromatic carbocycles. The minimum atomic E-state index is -3.23. The molecule has 1 fully saturated rings. The first-order valence-corrected chi connectivity index (χ1v) is 8.13. The lowest BCUT2D eigenvalue weighted by atomic mass is 9.99. The molecular formula is C12H24O4S. The standard InChI is InChI=1S/C12H24O4S/c1-12(2,17(3,14)15)11(13)8-4-6-10-7-5-9-16-10/h10-11,13H,4-9H2,1-3H3. The van der Waals surface area contributed by atoms with Crippen LogP contribution in [0.3, 0.4) is 0 Å². The van der Waals surface area contributed by atoms with Gasteiger partial charge in [0.2, 0.25) is 0 Å². The summed E-state index contributed by atoms with van der Waals surface area (Å²) in [7, 11) is -3.23. The largest absolute Gasteiger partial charge is 0.392 e. The van der Waals surface area contributed by atoms with Crippen LogP contribution in [-0.2, 0) is 14.6 Å². The van der Waals surface area contributed by atoms with Gasteiger partial charge >= 0.3 is 0 Å². The second-order valence-corrected chi connectivity index (χ2v) is 8.05. The van der Waals surface area contributed by atoms with Gasteiger partial charge in [-0.3, -0.25) is 0 Å². The highest BCUT2D eigenvalue weighted by Crippen LogP contribution is 2.25. The van der Waals surface area contributed by atoms with Crippen molar-refractivity contribution in [1.82, 2.24) is 0 Å². The molecule has 0 aromatic rings. The van der Waals surface area contributed by atoms with Gasteiger partial charge in [-0.1, -0.05) is 0 Å². The third-order valence-electron chi connectivity index (χ3n) is 3.79. The fraction of sp³-hybridized carbons (Fsp3) is 1.00. The van der Waals surface area contributed by atoms with Crippen molar-refractivity contribution >= 4 is 9.84 Å². The third kappa shape index (κ3) is 3.93. The molecule has 1 saturated heterocycles. The van der Waals surface area contributed by atoms with Crippen LogP contribution in [0.5, 0.6) is 0 Å². The van der Waals surface area contributed by atoms with E-state index in [4.69, 9.17) is 4.74 Å². The van der Waals surface area contributed by atoms with Gasteiger partial charge < -0.3 is 9.84 Å². The summed E-state index contributed by atoms with van der Waals surface area (Å²) >= 11 is 0. The highest BCUT2D eigenvalue weighted by Gasteiger charge is 2.37. The summed E-state index contributed by atoms with van der Waals surface area (Å²) in [4.78, 5) is 0. The molecule has 0 aromatic heterocycles. The first-order valence-electron chi connectivity index (χ1n) is 6.24. The molecule has 102 valence electrons. The molecule has 1 rings (SSSR count). The lowest BCUT2D eigenvalue weighted by molar-refractivity contribution is 0.0882. The van der Waals surface area contributed by atoms with Crippen molar-refractivity contribution in [1.29, 1.82) is 0 Å². The van der Waals surface area contributed by atoms with Crippen LogP contribution >= 0.6 is 0 Å². The first kappa shape index (κ1) is 14.9. The van der Waals surface area contributed by atoms with E-state index in [0.29, 0.717) is 12.5 Å². The fourth-order valence-electron chi connectivity index (χ4n) is 2.01. The molecule has 0 radical (unpaired) electrons. The summed E-state index contributed by atoms with van der Waals surface area (Å²) in [6.45, 7) is 4.00. The van der Waals surface area contributed by atoms with Crippen LogP contribution in [0.2, 0.25) is 0 Å². The van der Waals surface area contributed by atoms with Crippen LogP contribution < -0.4 is 0 Å². The highest BCUT2D eigenvalue weighted by atomic mass is 32.2. The second kappa shape index (κ2) is 5.67. The maximum absolute atomic E-state index is 11.5. The maximum atomic E-state index is 11.5. The monoisotopic (exact) mass is 264 g/mol. The molecule has 2 atom stereocenters. The van der Waals surface area contributed by atoms with Crippen LogP contribution in [0.15, 0.2) is 0 Å². The van der Waals surface area contributed by atoms with E-state index in [-0.39, 0.29) is 0 Å². The number of rotatable bonds is 6. The van der Waals surface area contributed by atoms with Gasteiger partial charge in [-0.15, -0.1) is 0 Å². The summed E-state index contributed by atoms with van der Waals surface area (Å²) in [6.07, 6.45) is 5.12. The second-order valence-electron chi connectivity index (χ2n) is 5.46. The number of sulfone groups is 1. The molecule has 0 saturated carbocycles. The Balaban J connectivity index is 2.36. The highest BCUT2D eigenvalue weighted by molar-refractivity contribution is 7.92.